The fraction of sp³-hybridized carbons (Fsp3) is 0.320. The monoisotopic (exact) mass is 460 g/mol. The molecule has 4 heterocycles. The summed E-state index contributed by atoms with van der Waals surface area (Å²) in [6.07, 6.45) is 2.85. The first-order valence-corrected chi connectivity index (χ1v) is 12.1. The minimum Gasteiger partial charge on any atom is -0.379 e. The predicted molar refractivity (Wildman–Crippen MR) is 135 cm³/mol. The number of morpholine rings is 1. The predicted octanol–water partition coefficient (Wildman–Crippen LogP) is 4.78. The number of pyridine rings is 2. The van der Waals surface area contributed by atoms with Crippen molar-refractivity contribution in [2.24, 2.45) is 0 Å². The summed E-state index contributed by atoms with van der Waals surface area (Å²) in [5, 5.41) is 4.16. The van der Waals surface area contributed by atoms with Gasteiger partial charge in [0.05, 0.1) is 13.2 Å². The molecule has 0 spiro atoms. The largest absolute Gasteiger partial charge is 0.379 e. The molecule has 4 aromatic rings. The van der Waals surface area contributed by atoms with Crippen LogP contribution in [-0.2, 0) is 11.2 Å². The van der Waals surface area contributed by atoms with E-state index in [1.54, 1.807) is 11.3 Å². The number of nitrogens with zero attached hydrogens (tertiary/aromatic N) is 5. The lowest BCUT2D eigenvalue weighted by atomic mass is 10.2. The summed E-state index contributed by atoms with van der Waals surface area (Å²) in [5.74, 6) is 1.70. The molecular weight excluding hydrogens is 432 g/mol. The quantitative estimate of drug-likeness (QED) is 0.426. The maximum atomic E-state index is 5.43. The molecule has 0 saturated carbocycles. The zero-order valence-corrected chi connectivity index (χ0v) is 19.8. The maximum absolute atomic E-state index is 5.43. The number of nitrogens with one attached hydrogen (secondary N) is 1. The minimum absolute atomic E-state index is 0.797. The first-order chi connectivity index (χ1) is 16.1. The molecule has 5 rings (SSSR count). The Balaban J connectivity index is 1.28. The topological polar surface area (TPSA) is 66.4 Å². The molecule has 170 valence electrons. The highest BCUT2D eigenvalue weighted by Gasteiger charge is 2.12. The summed E-state index contributed by atoms with van der Waals surface area (Å²) in [6, 6.07) is 16.7. The smallest absolute Gasteiger partial charge is 0.190 e. The number of hydrogen-bond acceptors (Lipinski definition) is 8. The zero-order valence-electron chi connectivity index (χ0n) is 19.0. The van der Waals surface area contributed by atoms with Gasteiger partial charge in [0, 0.05) is 38.6 Å². The second-order valence-electron chi connectivity index (χ2n) is 8.29. The van der Waals surface area contributed by atoms with Gasteiger partial charge < -0.3 is 15.0 Å². The van der Waals surface area contributed by atoms with Crippen LogP contribution in [-0.4, -0.2) is 59.7 Å². The van der Waals surface area contributed by atoms with Gasteiger partial charge in [-0.2, -0.15) is 0 Å². The van der Waals surface area contributed by atoms with Gasteiger partial charge in [-0.15, -0.1) is 0 Å². The van der Waals surface area contributed by atoms with Crippen molar-refractivity contribution < 1.29 is 4.74 Å². The SMILES string of the molecule is Cc1ccc(N(C)c2ccc3nc(Nc4cc(CCN5CCOCC5)ccn4)sc3n2)cc1. The molecule has 0 unspecified atom stereocenters. The van der Waals surface area contributed by atoms with Crippen LogP contribution in [0.25, 0.3) is 10.3 Å². The Bertz CT molecular complexity index is 1220. The van der Waals surface area contributed by atoms with Crippen LogP contribution in [0.4, 0.5) is 22.5 Å². The van der Waals surface area contributed by atoms with Crippen LogP contribution in [0.2, 0.25) is 0 Å². The molecule has 0 aliphatic carbocycles. The molecule has 8 heteroatoms. The highest BCUT2D eigenvalue weighted by molar-refractivity contribution is 7.21. The van der Waals surface area contributed by atoms with E-state index in [1.807, 2.05) is 25.4 Å². The van der Waals surface area contributed by atoms with Crippen LogP contribution in [0.5, 0.6) is 0 Å². The van der Waals surface area contributed by atoms with Crippen LogP contribution < -0.4 is 10.2 Å². The van der Waals surface area contributed by atoms with Crippen LogP contribution in [0, 0.1) is 6.92 Å². The Hall–Kier alpha value is -3.07. The fourth-order valence-electron chi connectivity index (χ4n) is 3.87. The summed E-state index contributed by atoms with van der Waals surface area (Å²) in [7, 11) is 2.03. The van der Waals surface area contributed by atoms with Gasteiger partial charge in [0.2, 0.25) is 0 Å². The molecule has 0 radical (unpaired) electrons. The molecule has 1 fully saturated rings. The van der Waals surface area contributed by atoms with Crippen molar-refractivity contribution >= 4 is 44.1 Å². The van der Waals surface area contributed by atoms with E-state index in [9.17, 15) is 0 Å². The standard InChI is InChI=1S/C25H28N6OS/c1-18-3-5-20(6-4-18)30(2)23-8-7-21-24(29-23)33-25(27-21)28-22-17-19(9-11-26-22)10-12-31-13-15-32-16-14-31/h3-9,11,17H,10,12-16H2,1-2H3,(H,26,27,28). The number of hydrogen-bond donors (Lipinski definition) is 1. The van der Waals surface area contributed by atoms with E-state index in [1.165, 1.54) is 11.1 Å². The van der Waals surface area contributed by atoms with Crippen LogP contribution in [0.3, 0.4) is 0 Å². The van der Waals surface area contributed by atoms with Crippen molar-refractivity contribution in [3.8, 4) is 0 Å². The second-order valence-corrected chi connectivity index (χ2v) is 9.26. The molecule has 3 aromatic heterocycles. The highest BCUT2D eigenvalue weighted by Crippen LogP contribution is 2.30. The third-order valence-corrected chi connectivity index (χ3v) is 6.77. The van der Waals surface area contributed by atoms with E-state index in [-0.39, 0.29) is 0 Å². The fourth-order valence-corrected chi connectivity index (χ4v) is 4.71. The summed E-state index contributed by atoms with van der Waals surface area (Å²) in [6.45, 7) is 6.81. The summed E-state index contributed by atoms with van der Waals surface area (Å²) >= 11 is 1.54. The molecule has 1 aliphatic rings. The van der Waals surface area contributed by atoms with Crippen molar-refractivity contribution in [2.45, 2.75) is 13.3 Å². The van der Waals surface area contributed by atoms with Crippen molar-refractivity contribution in [3.63, 3.8) is 0 Å². The van der Waals surface area contributed by atoms with Crippen molar-refractivity contribution in [1.29, 1.82) is 0 Å². The van der Waals surface area contributed by atoms with E-state index >= 15 is 0 Å². The molecule has 1 aliphatic heterocycles. The Morgan fingerprint density at radius 3 is 2.70 bits per heavy atom. The van der Waals surface area contributed by atoms with Gasteiger partial charge in [-0.3, -0.25) is 4.90 Å². The van der Waals surface area contributed by atoms with Gasteiger partial charge in [0.15, 0.2) is 5.13 Å². The van der Waals surface area contributed by atoms with E-state index in [0.717, 1.165) is 72.1 Å². The number of aryl methyl sites for hydroxylation is 1. The normalized spacial score (nSPS) is 14.5. The molecule has 1 N–H and O–H groups in total. The zero-order chi connectivity index (χ0) is 22.6. The third kappa shape index (κ3) is 5.30. The molecule has 1 saturated heterocycles. The van der Waals surface area contributed by atoms with Crippen LogP contribution in [0.15, 0.2) is 54.7 Å². The second kappa shape index (κ2) is 9.82. The Morgan fingerprint density at radius 2 is 1.88 bits per heavy atom. The molecule has 0 atom stereocenters. The molecule has 7 nitrogen and oxygen atoms in total. The first-order valence-electron chi connectivity index (χ1n) is 11.2. The summed E-state index contributed by atoms with van der Waals surface area (Å²) < 4.78 is 5.43. The Kier molecular flexibility index (Phi) is 6.48. The Labute approximate surface area is 198 Å². The van der Waals surface area contributed by atoms with Gasteiger partial charge in [-0.1, -0.05) is 29.0 Å². The average Bonchev–Trinajstić information content (AvgIpc) is 3.25. The van der Waals surface area contributed by atoms with Gasteiger partial charge in [-0.05, 0) is 55.3 Å². The lowest BCUT2D eigenvalue weighted by molar-refractivity contribution is 0.0384. The maximum Gasteiger partial charge on any atom is 0.190 e. The molecule has 1 aromatic carbocycles. The number of rotatable bonds is 7. The van der Waals surface area contributed by atoms with Crippen molar-refractivity contribution in [3.05, 3.63) is 65.9 Å². The minimum atomic E-state index is 0.797. The number of anilines is 4. The first kappa shape index (κ1) is 21.8. The number of thiazole rings is 1. The molecule has 33 heavy (non-hydrogen) atoms. The molecule has 0 bridgehead atoms. The number of fused-ring (bicyclic) bond motifs is 1. The summed E-state index contributed by atoms with van der Waals surface area (Å²) in [4.78, 5) is 19.5. The highest BCUT2D eigenvalue weighted by atomic mass is 32.1. The van der Waals surface area contributed by atoms with E-state index in [2.05, 4.69) is 63.4 Å². The molecular formula is C25H28N6OS. The number of aromatic nitrogens is 3. The van der Waals surface area contributed by atoms with E-state index < -0.39 is 0 Å². The third-order valence-electron chi connectivity index (χ3n) is 5.89. The van der Waals surface area contributed by atoms with Crippen molar-refractivity contribution in [2.75, 3.05) is 50.1 Å². The van der Waals surface area contributed by atoms with E-state index in [4.69, 9.17) is 14.7 Å². The van der Waals surface area contributed by atoms with Crippen LogP contribution in [0.1, 0.15) is 11.1 Å². The van der Waals surface area contributed by atoms with Gasteiger partial charge >= 0.3 is 0 Å². The summed E-state index contributed by atoms with van der Waals surface area (Å²) in [5.41, 5.74) is 4.49. The van der Waals surface area contributed by atoms with E-state index in [0.29, 0.717) is 0 Å². The number of ether oxygens (including phenoxy) is 1. The Morgan fingerprint density at radius 1 is 1.06 bits per heavy atom. The number of benzene rings is 1. The molecule has 0 amide bonds. The van der Waals surface area contributed by atoms with Gasteiger partial charge in [0.1, 0.15) is 22.0 Å². The van der Waals surface area contributed by atoms with Gasteiger partial charge in [-0.25, -0.2) is 15.0 Å². The lowest BCUT2D eigenvalue weighted by Gasteiger charge is -2.26. The van der Waals surface area contributed by atoms with Gasteiger partial charge in [0.25, 0.3) is 0 Å². The lowest BCUT2D eigenvalue weighted by Crippen LogP contribution is -2.37. The van der Waals surface area contributed by atoms with Crippen LogP contribution >= 0.6 is 11.3 Å². The average molecular weight is 461 g/mol. The van der Waals surface area contributed by atoms with Crippen molar-refractivity contribution in [1.82, 2.24) is 19.9 Å².